The van der Waals surface area contributed by atoms with Gasteiger partial charge in [0.1, 0.15) is 6.61 Å². The van der Waals surface area contributed by atoms with Crippen molar-refractivity contribution in [3.05, 3.63) is 71.3 Å². The van der Waals surface area contributed by atoms with Crippen LogP contribution in [-0.2, 0) is 9.84 Å². The van der Waals surface area contributed by atoms with Crippen LogP contribution in [0.1, 0.15) is 26.3 Å². The van der Waals surface area contributed by atoms with E-state index in [1.807, 2.05) is 6.07 Å². The van der Waals surface area contributed by atoms with Crippen LogP contribution in [0.15, 0.2) is 54.6 Å². The molecule has 5 nitrogen and oxygen atoms in total. The highest BCUT2D eigenvalue weighted by Crippen LogP contribution is 2.14. The first-order chi connectivity index (χ1) is 11.1. The molecular weight excluding hydrogens is 294 g/mol. The normalized spacial score (nSPS) is 10.5. The molecule has 1 radical (unpaired) electrons. The van der Waals surface area contributed by atoms with Gasteiger partial charge in [0.05, 0.1) is 12.7 Å². The topological polar surface area (TPSA) is 75.3 Å². The summed E-state index contributed by atoms with van der Waals surface area (Å²) in [6.45, 7) is -0.289. The number of carbonyl (C=O) groups excluding carboxylic acids is 2. The van der Waals surface area contributed by atoms with Crippen LogP contribution in [0.2, 0.25) is 0 Å². The number of hydrogen-bond acceptors (Lipinski definition) is 3. The second-order valence-corrected chi connectivity index (χ2v) is 4.72. The van der Waals surface area contributed by atoms with Gasteiger partial charge in [-0.15, -0.1) is 0 Å². The zero-order valence-corrected chi connectivity index (χ0v) is 12.6. The van der Waals surface area contributed by atoms with Crippen LogP contribution in [0.5, 0.6) is 0 Å². The molecule has 0 saturated heterocycles. The molecule has 0 bridgehead atoms. The van der Waals surface area contributed by atoms with Crippen LogP contribution < -0.4 is 5.32 Å². The number of methoxy groups -OCH3 is 1. The number of nitrogens with one attached hydrogen (secondary N) is 1. The fourth-order valence-electron chi connectivity index (χ4n) is 1.98. The van der Waals surface area contributed by atoms with E-state index in [1.165, 1.54) is 25.3 Å². The fourth-order valence-corrected chi connectivity index (χ4v) is 1.98. The van der Waals surface area contributed by atoms with Crippen LogP contribution in [-0.4, -0.2) is 25.6 Å². The van der Waals surface area contributed by atoms with Gasteiger partial charge in [0.25, 0.3) is 5.91 Å². The molecular formula is C18H16NO4. The highest BCUT2D eigenvalue weighted by atomic mass is 16.5. The number of ether oxygens (including phenoxy) is 1. The van der Waals surface area contributed by atoms with Gasteiger partial charge in [-0.1, -0.05) is 24.3 Å². The molecule has 0 aliphatic heterocycles. The SMILES string of the molecule is COC(=O)c1ccc(C(=O)Nc2cccc(C=CC[O])c2)cc1. The molecule has 0 atom stereocenters. The van der Waals surface area contributed by atoms with Crippen LogP contribution >= 0.6 is 0 Å². The molecule has 0 spiro atoms. The Kier molecular flexibility index (Phi) is 5.66. The Labute approximate surface area is 134 Å². The van der Waals surface area contributed by atoms with Crippen molar-refractivity contribution in [3.63, 3.8) is 0 Å². The summed E-state index contributed by atoms with van der Waals surface area (Å²) in [6.07, 6.45) is 3.21. The Morgan fingerprint density at radius 1 is 1.09 bits per heavy atom. The van der Waals surface area contributed by atoms with E-state index in [0.29, 0.717) is 16.8 Å². The van der Waals surface area contributed by atoms with Gasteiger partial charge in [-0.2, -0.15) is 0 Å². The average molecular weight is 310 g/mol. The number of rotatable bonds is 5. The molecule has 2 aromatic rings. The molecule has 1 N–H and O–H groups in total. The number of benzene rings is 2. The Bertz CT molecular complexity index is 720. The van der Waals surface area contributed by atoms with Crippen LogP contribution in [0, 0.1) is 0 Å². The third kappa shape index (κ3) is 4.52. The van der Waals surface area contributed by atoms with Crippen molar-refractivity contribution < 1.29 is 19.4 Å². The van der Waals surface area contributed by atoms with Gasteiger partial charge in [0, 0.05) is 11.3 Å². The van der Waals surface area contributed by atoms with Gasteiger partial charge in [-0.05, 0) is 42.0 Å². The summed E-state index contributed by atoms with van der Waals surface area (Å²) in [4.78, 5) is 23.6. The van der Waals surface area contributed by atoms with Crippen molar-refractivity contribution in [2.24, 2.45) is 0 Å². The van der Waals surface area contributed by atoms with E-state index >= 15 is 0 Å². The molecule has 0 aliphatic rings. The lowest BCUT2D eigenvalue weighted by molar-refractivity contribution is 0.0600. The van der Waals surface area contributed by atoms with Crippen molar-refractivity contribution in [1.82, 2.24) is 0 Å². The van der Waals surface area contributed by atoms with Crippen molar-refractivity contribution in [2.75, 3.05) is 19.0 Å². The van der Waals surface area contributed by atoms with Gasteiger partial charge in [-0.25, -0.2) is 9.90 Å². The summed E-state index contributed by atoms with van der Waals surface area (Å²) >= 11 is 0. The summed E-state index contributed by atoms with van der Waals surface area (Å²) in [5.41, 5.74) is 2.27. The summed E-state index contributed by atoms with van der Waals surface area (Å²) in [5.74, 6) is -0.735. The summed E-state index contributed by atoms with van der Waals surface area (Å²) < 4.78 is 4.61. The van der Waals surface area contributed by atoms with E-state index in [4.69, 9.17) is 0 Å². The first kappa shape index (κ1) is 16.5. The lowest BCUT2D eigenvalue weighted by Gasteiger charge is -2.07. The van der Waals surface area contributed by atoms with E-state index in [1.54, 1.807) is 36.4 Å². The van der Waals surface area contributed by atoms with Crippen LogP contribution in [0.25, 0.3) is 6.08 Å². The molecule has 0 aliphatic carbocycles. The third-order valence-corrected chi connectivity index (χ3v) is 3.12. The summed E-state index contributed by atoms with van der Waals surface area (Å²) in [7, 11) is 1.30. The average Bonchev–Trinajstić information content (AvgIpc) is 2.59. The zero-order valence-electron chi connectivity index (χ0n) is 12.6. The van der Waals surface area contributed by atoms with E-state index in [-0.39, 0.29) is 12.5 Å². The maximum absolute atomic E-state index is 12.2. The maximum atomic E-state index is 12.2. The van der Waals surface area contributed by atoms with Gasteiger partial charge in [-0.3, -0.25) is 4.79 Å². The van der Waals surface area contributed by atoms with E-state index in [0.717, 1.165) is 5.56 Å². The Morgan fingerprint density at radius 2 is 1.78 bits per heavy atom. The predicted molar refractivity (Wildman–Crippen MR) is 86.8 cm³/mol. The molecule has 2 aromatic carbocycles. The first-order valence-electron chi connectivity index (χ1n) is 6.98. The number of anilines is 1. The Morgan fingerprint density at radius 3 is 2.43 bits per heavy atom. The largest absolute Gasteiger partial charge is 0.465 e. The lowest BCUT2D eigenvalue weighted by atomic mass is 10.1. The Hall–Kier alpha value is -2.92. The van der Waals surface area contributed by atoms with Gasteiger partial charge in [0.15, 0.2) is 0 Å². The molecule has 0 aromatic heterocycles. The van der Waals surface area contributed by atoms with E-state index in [9.17, 15) is 14.7 Å². The van der Waals surface area contributed by atoms with Crippen LogP contribution in [0.3, 0.4) is 0 Å². The minimum Gasteiger partial charge on any atom is -0.465 e. The standard InChI is InChI=1S/C18H16NO4/c1-23-18(22)15-9-7-14(8-10-15)17(21)19-16-6-2-4-13(12-16)5-3-11-20/h2-10,12H,11H2,1H3,(H,19,21). The van der Waals surface area contributed by atoms with Crippen molar-refractivity contribution in [1.29, 1.82) is 0 Å². The summed E-state index contributed by atoms with van der Waals surface area (Å²) in [5, 5.41) is 13.2. The van der Waals surface area contributed by atoms with Gasteiger partial charge < -0.3 is 10.1 Å². The van der Waals surface area contributed by atoms with Crippen LogP contribution in [0.4, 0.5) is 5.69 Å². The highest BCUT2D eigenvalue weighted by Gasteiger charge is 2.09. The number of carbonyl (C=O) groups is 2. The van der Waals surface area contributed by atoms with Crippen molar-refractivity contribution in [2.45, 2.75) is 0 Å². The van der Waals surface area contributed by atoms with Gasteiger partial charge in [0.2, 0.25) is 0 Å². The molecule has 1 amide bonds. The maximum Gasteiger partial charge on any atom is 0.337 e. The summed E-state index contributed by atoms with van der Waals surface area (Å²) in [6, 6.07) is 13.4. The van der Waals surface area contributed by atoms with E-state index in [2.05, 4.69) is 10.1 Å². The smallest absolute Gasteiger partial charge is 0.337 e. The molecule has 0 unspecified atom stereocenters. The molecule has 23 heavy (non-hydrogen) atoms. The predicted octanol–water partition coefficient (Wildman–Crippen LogP) is 3.17. The monoisotopic (exact) mass is 310 g/mol. The molecule has 117 valence electrons. The quantitative estimate of drug-likeness (QED) is 0.862. The van der Waals surface area contributed by atoms with E-state index < -0.39 is 5.97 Å². The molecule has 0 saturated carbocycles. The fraction of sp³-hybridized carbons (Fsp3) is 0.111. The third-order valence-electron chi connectivity index (χ3n) is 3.12. The molecule has 0 fully saturated rings. The zero-order chi connectivity index (χ0) is 16.7. The lowest BCUT2D eigenvalue weighted by Crippen LogP contribution is -2.12. The number of hydrogen-bond donors (Lipinski definition) is 1. The Balaban J connectivity index is 2.09. The van der Waals surface area contributed by atoms with Crippen molar-refractivity contribution in [3.8, 4) is 0 Å². The molecule has 2 rings (SSSR count). The highest BCUT2D eigenvalue weighted by molar-refractivity contribution is 6.04. The van der Waals surface area contributed by atoms with Crippen molar-refractivity contribution >= 4 is 23.6 Å². The number of amides is 1. The number of esters is 1. The minimum absolute atomic E-state index is 0.286. The molecule has 5 heteroatoms. The second-order valence-electron chi connectivity index (χ2n) is 4.72. The van der Waals surface area contributed by atoms with Gasteiger partial charge >= 0.3 is 5.97 Å². The first-order valence-corrected chi connectivity index (χ1v) is 6.98. The minimum atomic E-state index is -0.449. The second kappa shape index (κ2) is 7.91. The molecule has 0 heterocycles.